The molecule has 2 aromatic carbocycles. The Bertz CT molecular complexity index is 964. The van der Waals surface area contributed by atoms with E-state index in [2.05, 4.69) is 4.85 Å². The first-order valence-electron chi connectivity index (χ1n) is 12.4. The van der Waals surface area contributed by atoms with Crippen molar-refractivity contribution in [3.63, 3.8) is 0 Å². The van der Waals surface area contributed by atoms with Gasteiger partial charge in [-0.1, -0.05) is 57.1 Å². The lowest BCUT2D eigenvalue weighted by Crippen LogP contribution is -1.99. The molecule has 0 heterocycles. The van der Waals surface area contributed by atoms with Crippen LogP contribution in [-0.4, -0.2) is 39.6 Å². The summed E-state index contributed by atoms with van der Waals surface area (Å²) in [5.41, 5.74) is 2.10. The molecule has 190 valence electrons. The normalized spacial score (nSPS) is 11.1. The number of aliphatic hydroxyl groups excluding tert-OH is 1. The predicted octanol–water partition coefficient (Wildman–Crippen LogP) is 7.01. The highest BCUT2D eigenvalue weighted by molar-refractivity contribution is 5.86. The van der Waals surface area contributed by atoms with E-state index in [0.717, 1.165) is 36.8 Å². The van der Waals surface area contributed by atoms with E-state index in [0.29, 0.717) is 41.9 Å². The van der Waals surface area contributed by atoms with E-state index in [9.17, 15) is 0 Å². The molecule has 0 bridgehead atoms. The molecule has 0 aliphatic heterocycles. The zero-order chi connectivity index (χ0) is 25.3. The third-order valence-corrected chi connectivity index (χ3v) is 5.85. The number of aliphatic hydroxyl groups is 1. The van der Waals surface area contributed by atoms with E-state index >= 15 is 0 Å². The lowest BCUT2D eigenvalue weighted by Gasteiger charge is -2.12. The van der Waals surface area contributed by atoms with Crippen LogP contribution >= 0.6 is 0 Å². The number of hydrogen-bond acceptors (Lipinski definition) is 5. The molecule has 2 aromatic rings. The van der Waals surface area contributed by atoms with Gasteiger partial charge in [0, 0.05) is 6.61 Å². The van der Waals surface area contributed by atoms with Crippen LogP contribution in [0.1, 0.15) is 68.9 Å². The number of rotatable bonds is 17. The van der Waals surface area contributed by atoms with E-state index in [1.54, 1.807) is 33.5 Å². The molecule has 6 nitrogen and oxygen atoms in total. The summed E-state index contributed by atoms with van der Waals surface area (Å²) < 4.78 is 22.2. The van der Waals surface area contributed by atoms with Crippen LogP contribution < -0.4 is 18.9 Å². The number of unbranched alkanes of at least 4 members (excludes halogenated alkanes) is 8. The van der Waals surface area contributed by atoms with Crippen LogP contribution in [0.5, 0.6) is 23.0 Å². The van der Waals surface area contributed by atoms with Gasteiger partial charge >= 0.3 is 0 Å². The summed E-state index contributed by atoms with van der Waals surface area (Å²) in [6.45, 7) is 8.61. The Labute approximate surface area is 210 Å². The zero-order valence-electron chi connectivity index (χ0n) is 21.3. The van der Waals surface area contributed by atoms with Crippen molar-refractivity contribution in [2.75, 3.05) is 34.5 Å². The molecule has 0 aromatic heterocycles. The van der Waals surface area contributed by atoms with Gasteiger partial charge in [0.2, 0.25) is 0 Å². The van der Waals surface area contributed by atoms with Crippen molar-refractivity contribution in [3.05, 3.63) is 58.9 Å². The number of benzene rings is 2. The molecule has 0 saturated heterocycles. The van der Waals surface area contributed by atoms with Crippen molar-refractivity contribution in [2.45, 2.75) is 57.8 Å². The van der Waals surface area contributed by atoms with E-state index in [-0.39, 0.29) is 0 Å². The minimum absolute atomic E-state index is 0.311. The van der Waals surface area contributed by atoms with Crippen LogP contribution in [0.4, 0.5) is 0 Å². The van der Waals surface area contributed by atoms with E-state index in [1.807, 2.05) is 30.3 Å². The van der Waals surface area contributed by atoms with Gasteiger partial charge in [0.05, 0.1) is 34.5 Å². The van der Waals surface area contributed by atoms with E-state index in [1.165, 1.54) is 32.1 Å². The summed E-state index contributed by atoms with van der Waals surface area (Å²) in [5.74, 6) is 2.57. The summed E-state index contributed by atoms with van der Waals surface area (Å²) >= 11 is 0. The summed E-state index contributed by atoms with van der Waals surface area (Å²) in [6.07, 6.45) is 12.3. The first-order chi connectivity index (χ1) is 17.2. The molecule has 0 saturated carbocycles. The van der Waals surface area contributed by atoms with Gasteiger partial charge in [0.15, 0.2) is 28.7 Å². The lowest BCUT2D eigenvalue weighted by atomic mass is 10.1. The fourth-order valence-electron chi connectivity index (χ4n) is 3.86. The molecule has 35 heavy (non-hydrogen) atoms. The fourth-order valence-corrected chi connectivity index (χ4v) is 3.86. The molecular weight excluding hydrogens is 442 g/mol. The van der Waals surface area contributed by atoms with Gasteiger partial charge < -0.3 is 24.1 Å². The van der Waals surface area contributed by atoms with Crippen molar-refractivity contribution in [2.24, 2.45) is 0 Å². The highest BCUT2D eigenvalue weighted by Crippen LogP contribution is 2.33. The van der Waals surface area contributed by atoms with Gasteiger partial charge in [-0.3, -0.25) is 0 Å². The fraction of sp³-hybridized carbons (Fsp3) is 0.483. The summed E-state index contributed by atoms with van der Waals surface area (Å²) in [4.78, 5) is 3.70. The van der Waals surface area contributed by atoms with Gasteiger partial charge in [-0.2, -0.15) is 0 Å². The van der Waals surface area contributed by atoms with Gasteiger partial charge in [0.25, 0.3) is 0 Å². The Kier molecular flexibility index (Phi) is 13.2. The molecular formula is C29H39NO5. The topological polar surface area (TPSA) is 61.5 Å². The van der Waals surface area contributed by atoms with Crippen LogP contribution in [0.2, 0.25) is 0 Å². The van der Waals surface area contributed by atoms with Crippen LogP contribution in [0.3, 0.4) is 0 Å². The average Bonchev–Trinajstić information content (AvgIpc) is 2.90. The molecule has 0 aliphatic rings. The molecule has 0 aliphatic carbocycles. The predicted molar refractivity (Wildman–Crippen MR) is 141 cm³/mol. The Morgan fingerprint density at radius 1 is 0.743 bits per heavy atom. The van der Waals surface area contributed by atoms with Crippen LogP contribution in [-0.2, 0) is 0 Å². The SMILES string of the molecule is [C-]#[N+]/C(=C\c1ccc(OCCCCCCCCCCCO)c(OC)c1)c1ccc(OC)c(OC)c1. The monoisotopic (exact) mass is 481 g/mol. The Balaban J connectivity index is 1.89. The maximum atomic E-state index is 8.80. The van der Waals surface area contributed by atoms with E-state index in [4.69, 9.17) is 30.6 Å². The van der Waals surface area contributed by atoms with Crippen molar-refractivity contribution in [1.82, 2.24) is 0 Å². The van der Waals surface area contributed by atoms with Crippen LogP contribution in [0.15, 0.2) is 36.4 Å². The average molecular weight is 482 g/mol. The smallest absolute Gasteiger partial charge is 0.195 e. The molecule has 0 atom stereocenters. The Hall–Kier alpha value is -3.17. The summed E-state index contributed by atoms with van der Waals surface area (Å²) in [6, 6.07) is 11.2. The second kappa shape index (κ2) is 16.5. The van der Waals surface area contributed by atoms with Crippen molar-refractivity contribution in [3.8, 4) is 23.0 Å². The van der Waals surface area contributed by atoms with Crippen molar-refractivity contribution < 1.29 is 24.1 Å². The molecule has 0 fully saturated rings. The zero-order valence-corrected chi connectivity index (χ0v) is 21.3. The maximum Gasteiger partial charge on any atom is 0.195 e. The van der Waals surface area contributed by atoms with Crippen molar-refractivity contribution in [1.29, 1.82) is 0 Å². The Morgan fingerprint density at radius 3 is 1.91 bits per heavy atom. The molecule has 0 spiro atoms. The molecule has 6 heteroatoms. The molecule has 0 unspecified atom stereocenters. The van der Waals surface area contributed by atoms with Crippen molar-refractivity contribution >= 4 is 11.8 Å². The molecule has 2 rings (SSSR count). The number of hydrogen-bond donors (Lipinski definition) is 1. The first-order valence-corrected chi connectivity index (χ1v) is 12.4. The third-order valence-electron chi connectivity index (χ3n) is 5.85. The van der Waals surface area contributed by atoms with Crippen LogP contribution in [0, 0.1) is 6.57 Å². The second-order valence-electron chi connectivity index (χ2n) is 8.38. The quantitative estimate of drug-likeness (QED) is 0.150. The maximum absolute atomic E-state index is 8.80. The third kappa shape index (κ3) is 9.54. The number of ether oxygens (including phenoxy) is 4. The molecule has 1 N–H and O–H groups in total. The number of methoxy groups -OCH3 is 3. The number of nitrogens with zero attached hydrogens (tertiary/aromatic N) is 1. The highest BCUT2D eigenvalue weighted by atomic mass is 16.5. The van der Waals surface area contributed by atoms with Gasteiger partial charge in [-0.15, -0.1) is 0 Å². The van der Waals surface area contributed by atoms with E-state index < -0.39 is 0 Å². The lowest BCUT2D eigenvalue weighted by molar-refractivity contribution is 0.281. The highest BCUT2D eigenvalue weighted by Gasteiger charge is 2.10. The molecule has 0 amide bonds. The summed E-state index contributed by atoms with van der Waals surface area (Å²) in [5, 5.41) is 8.80. The standard InChI is InChI=1S/C29H39NO5/c1-30-25(24-15-17-26(32-2)29(22-24)34-4)20-23-14-16-27(28(21-23)33-3)35-19-13-11-9-7-5-6-8-10-12-18-31/h14-17,20-22,31H,5-13,18-19H2,2-4H3/b25-20-. The van der Waals surface area contributed by atoms with Gasteiger partial charge in [0.1, 0.15) is 0 Å². The van der Waals surface area contributed by atoms with Gasteiger partial charge in [-0.25, -0.2) is 4.85 Å². The minimum Gasteiger partial charge on any atom is -0.493 e. The second-order valence-corrected chi connectivity index (χ2v) is 8.38. The molecule has 0 radical (unpaired) electrons. The van der Waals surface area contributed by atoms with Gasteiger partial charge in [-0.05, 0) is 54.3 Å². The van der Waals surface area contributed by atoms with Crippen LogP contribution in [0.25, 0.3) is 16.6 Å². The Morgan fingerprint density at radius 2 is 1.31 bits per heavy atom. The summed E-state index contributed by atoms with van der Waals surface area (Å²) in [7, 11) is 4.79. The minimum atomic E-state index is 0.311. The largest absolute Gasteiger partial charge is 0.493 e. The first kappa shape index (κ1) is 28.1.